The summed E-state index contributed by atoms with van der Waals surface area (Å²) in [5.41, 5.74) is 5.55. The minimum atomic E-state index is 0.365. The standard InChI is InChI=1S/C15H30N2O/c1-2-3-4-5-6-11-15(18)17(13-8-12-16)14-9-7-10-14/h14H,2-13,16H2,1H3. The minimum absolute atomic E-state index is 0.365. The monoisotopic (exact) mass is 254 g/mol. The topological polar surface area (TPSA) is 46.3 Å². The Balaban J connectivity index is 2.21. The van der Waals surface area contributed by atoms with Crippen LogP contribution in [0.3, 0.4) is 0 Å². The summed E-state index contributed by atoms with van der Waals surface area (Å²) < 4.78 is 0. The average Bonchev–Trinajstić information content (AvgIpc) is 2.31. The predicted octanol–water partition coefficient (Wildman–Crippen LogP) is 3.08. The Kier molecular flexibility index (Phi) is 8.06. The van der Waals surface area contributed by atoms with E-state index in [4.69, 9.17) is 5.73 Å². The maximum Gasteiger partial charge on any atom is 0.222 e. The molecule has 106 valence electrons. The highest BCUT2D eigenvalue weighted by molar-refractivity contribution is 5.76. The summed E-state index contributed by atoms with van der Waals surface area (Å²) in [4.78, 5) is 14.3. The number of rotatable bonds is 10. The van der Waals surface area contributed by atoms with Crippen molar-refractivity contribution in [1.82, 2.24) is 4.90 Å². The molecule has 1 aliphatic rings. The Labute approximate surface area is 112 Å². The number of nitrogens with zero attached hydrogens (tertiary/aromatic N) is 1. The van der Waals surface area contributed by atoms with Gasteiger partial charge in [-0.25, -0.2) is 0 Å². The van der Waals surface area contributed by atoms with Gasteiger partial charge in [-0.1, -0.05) is 32.6 Å². The van der Waals surface area contributed by atoms with E-state index in [0.29, 0.717) is 18.5 Å². The summed E-state index contributed by atoms with van der Waals surface area (Å²) in [6, 6.07) is 0.527. The molecule has 0 aromatic rings. The maximum atomic E-state index is 12.2. The van der Waals surface area contributed by atoms with Crippen LogP contribution in [0, 0.1) is 0 Å². The number of carbonyl (C=O) groups excluding carboxylic acids is 1. The van der Waals surface area contributed by atoms with E-state index >= 15 is 0 Å². The van der Waals surface area contributed by atoms with Crippen LogP contribution in [0.15, 0.2) is 0 Å². The van der Waals surface area contributed by atoms with Gasteiger partial charge < -0.3 is 10.6 Å². The van der Waals surface area contributed by atoms with Crippen LogP contribution in [0.4, 0.5) is 0 Å². The summed E-state index contributed by atoms with van der Waals surface area (Å²) in [5, 5.41) is 0. The Morgan fingerprint density at radius 1 is 1.17 bits per heavy atom. The van der Waals surface area contributed by atoms with Crippen LogP contribution in [0.5, 0.6) is 0 Å². The van der Waals surface area contributed by atoms with E-state index in [1.54, 1.807) is 0 Å². The lowest BCUT2D eigenvalue weighted by Crippen LogP contribution is -2.45. The molecule has 2 N–H and O–H groups in total. The molecule has 0 spiro atoms. The summed E-state index contributed by atoms with van der Waals surface area (Å²) in [7, 11) is 0. The van der Waals surface area contributed by atoms with Crippen molar-refractivity contribution in [3.05, 3.63) is 0 Å². The molecule has 18 heavy (non-hydrogen) atoms. The lowest BCUT2D eigenvalue weighted by Gasteiger charge is -2.37. The molecule has 0 saturated heterocycles. The van der Waals surface area contributed by atoms with Crippen LogP contribution in [0.2, 0.25) is 0 Å². The molecule has 0 bridgehead atoms. The van der Waals surface area contributed by atoms with Crippen LogP contribution >= 0.6 is 0 Å². The van der Waals surface area contributed by atoms with Gasteiger partial charge >= 0.3 is 0 Å². The van der Waals surface area contributed by atoms with E-state index in [-0.39, 0.29) is 0 Å². The van der Waals surface area contributed by atoms with Crippen LogP contribution in [0.25, 0.3) is 0 Å². The van der Waals surface area contributed by atoms with Crippen molar-refractivity contribution in [2.45, 2.75) is 77.2 Å². The van der Waals surface area contributed by atoms with E-state index in [0.717, 1.165) is 25.8 Å². The van der Waals surface area contributed by atoms with E-state index in [1.165, 1.54) is 44.9 Å². The average molecular weight is 254 g/mol. The van der Waals surface area contributed by atoms with Crippen molar-refractivity contribution < 1.29 is 4.79 Å². The van der Waals surface area contributed by atoms with E-state index < -0.39 is 0 Å². The van der Waals surface area contributed by atoms with Gasteiger partial charge in [0.2, 0.25) is 5.91 Å². The minimum Gasteiger partial charge on any atom is -0.340 e. The Bertz CT molecular complexity index is 227. The molecule has 1 saturated carbocycles. The molecule has 1 aliphatic carbocycles. The van der Waals surface area contributed by atoms with Gasteiger partial charge in [-0.3, -0.25) is 4.79 Å². The van der Waals surface area contributed by atoms with Crippen LogP contribution in [0.1, 0.15) is 71.1 Å². The number of hydrogen-bond acceptors (Lipinski definition) is 2. The first kappa shape index (κ1) is 15.5. The highest BCUT2D eigenvalue weighted by atomic mass is 16.2. The lowest BCUT2D eigenvalue weighted by molar-refractivity contribution is -0.135. The first-order valence-corrected chi connectivity index (χ1v) is 7.79. The fourth-order valence-electron chi connectivity index (χ4n) is 2.49. The Morgan fingerprint density at radius 3 is 2.44 bits per heavy atom. The van der Waals surface area contributed by atoms with Crippen molar-refractivity contribution in [1.29, 1.82) is 0 Å². The second kappa shape index (κ2) is 9.37. The number of unbranched alkanes of at least 4 members (excludes halogenated alkanes) is 4. The SMILES string of the molecule is CCCCCCCC(=O)N(CCCN)C1CCC1. The van der Waals surface area contributed by atoms with Crippen molar-refractivity contribution in [2.24, 2.45) is 5.73 Å². The molecule has 0 atom stereocenters. The van der Waals surface area contributed by atoms with Gasteiger partial charge in [-0.15, -0.1) is 0 Å². The molecular formula is C15H30N2O. The number of carbonyl (C=O) groups is 1. The smallest absolute Gasteiger partial charge is 0.222 e. The van der Waals surface area contributed by atoms with E-state index in [2.05, 4.69) is 11.8 Å². The third kappa shape index (κ3) is 5.38. The first-order valence-electron chi connectivity index (χ1n) is 7.79. The molecule has 0 unspecified atom stereocenters. The zero-order chi connectivity index (χ0) is 13.2. The second-order valence-corrected chi connectivity index (χ2v) is 5.48. The zero-order valence-corrected chi connectivity index (χ0v) is 12.0. The summed E-state index contributed by atoms with van der Waals surface area (Å²) in [6.45, 7) is 3.78. The van der Waals surface area contributed by atoms with Crippen molar-refractivity contribution >= 4 is 5.91 Å². The second-order valence-electron chi connectivity index (χ2n) is 5.48. The number of hydrogen-bond donors (Lipinski definition) is 1. The fraction of sp³-hybridized carbons (Fsp3) is 0.933. The molecule has 3 nitrogen and oxygen atoms in total. The van der Waals surface area contributed by atoms with E-state index in [1.807, 2.05) is 0 Å². The number of amides is 1. The molecule has 3 heteroatoms. The Hall–Kier alpha value is -0.570. The third-order valence-corrected chi connectivity index (χ3v) is 3.93. The van der Waals surface area contributed by atoms with Crippen molar-refractivity contribution in [3.63, 3.8) is 0 Å². The first-order chi connectivity index (χ1) is 8.79. The molecule has 0 aliphatic heterocycles. The summed E-state index contributed by atoms with van der Waals surface area (Å²) >= 11 is 0. The van der Waals surface area contributed by atoms with Gasteiger partial charge in [0, 0.05) is 19.0 Å². The van der Waals surface area contributed by atoms with Gasteiger partial charge in [-0.05, 0) is 38.6 Å². The lowest BCUT2D eigenvalue weighted by atomic mass is 9.91. The molecule has 0 aromatic heterocycles. The quantitative estimate of drug-likeness (QED) is 0.609. The maximum absolute atomic E-state index is 12.2. The largest absolute Gasteiger partial charge is 0.340 e. The normalized spacial score (nSPS) is 15.4. The number of nitrogens with two attached hydrogens (primary N) is 1. The van der Waals surface area contributed by atoms with Crippen molar-refractivity contribution in [2.75, 3.05) is 13.1 Å². The highest BCUT2D eigenvalue weighted by Gasteiger charge is 2.27. The van der Waals surface area contributed by atoms with Crippen LogP contribution in [-0.2, 0) is 4.79 Å². The molecule has 0 heterocycles. The molecule has 0 aromatic carbocycles. The highest BCUT2D eigenvalue weighted by Crippen LogP contribution is 2.25. The van der Waals surface area contributed by atoms with Gasteiger partial charge in [0.25, 0.3) is 0 Å². The van der Waals surface area contributed by atoms with Gasteiger partial charge in [-0.2, -0.15) is 0 Å². The molecular weight excluding hydrogens is 224 g/mol. The molecule has 1 amide bonds. The van der Waals surface area contributed by atoms with Crippen LogP contribution < -0.4 is 5.73 Å². The third-order valence-electron chi connectivity index (χ3n) is 3.93. The van der Waals surface area contributed by atoms with Gasteiger partial charge in [0.1, 0.15) is 0 Å². The fourth-order valence-corrected chi connectivity index (χ4v) is 2.49. The van der Waals surface area contributed by atoms with Crippen molar-refractivity contribution in [3.8, 4) is 0 Å². The predicted molar refractivity (Wildman–Crippen MR) is 76.4 cm³/mol. The molecule has 1 rings (SSSR count). The summed E-state index contributed by atoms with van der Waals surface area (Å²) in [6.07, 6.45) is 11.5. The van der Waals surface area contributed by atoms with Gasteiger partial charge in [0.15, 0.2) is 0 Å². The molecule has 1 fully saturated rings. The van der Waals surface area contributed by atoms with Crippen LogP contribution in [-0.4, -0.2) is 29.9 Å². The Morgan fingerprint density at radius 2 is 1.89 bits per heavy atom. The van der Waals surface area contributed by atoms with E-state index in [9.17, 15) is 4.79 Å². The van der Waals surface area contributed by atoms with Gasteiger partial charge in [0.05, 0.1) is 0 Å². The molecule has 0 radical (unpaired) electrons. The summed E-state index contributed by atoms with van der Waals surface area (Å²) in [5.74, 6) is 0.365. The zero-order valence-electron chi connectivity index (χ0n) is 12.0.